The molecule has 98 valence electrons. The van der Waals surface area contributed by atoms with Gasteiger partial charge in [0.25, 0.3) is 0 Å². The number of hydrogen-bond donors (Lipinski definition) is 2. The van der Waals surface area contributed by atoms with Gasteiger partial charge >= 0.3 is 5.97 Å². The van der Waals surface area contributed by atoms with Crippen LogP contribution in [0.4, 0.5) is 5.69 Å². The normalized spacial score (nSPS) is 9.94. The first-order chi connectivity index (χ1) is 8.45. The number of likely N-dealkylation sites (N-methyl/N-ethyl adjacent to an activating group) is 2. The lowest BCUT2D eigenvalue weighted by atomic mass is 10.1. The largest absolute Gasteiger partial charge is 0.478 e. The van der Waals surface area contributed by atoms with Gasteiger partial charge in [-0.25, -0.2) is 4.79 Å². The number of nitrogens with one attached hydrogen (secondary N) is 1. The molecular weight excluding hydrogens is 232 g/mol. The van der Waals surface area contributed by atoms with Crippen LogP contribution >= 0.6 is 0 Å². The van der Waals surface area contributed by atoms with Crippen molar-refractivity contribution in [2.75, 3.05) is 25.0 Å². The third kappa shape index (κ3) is 3.48. The number of benzene rings is 1. The van der Waals surface area contributed by atoms with Crippen LogP contribution in [-0.4, -0.2) is 37.1 Å². The van der Waals surface area contributed by atoms with Crippen LogP contribution in [0.1, 0.15) is 22.8 Å². The third-order valence-electron chi connectivity index (χ3n) is 2.61. The van der Waals surface area contributed by atoms with E-state index in [9.17, 15) is 9.59 Å². The van der Waals surface area contributed by atoms with E-state index < -0.39 is 5.97 Å². The number of hydrogen-bond acceptors (Lipinski definition) is 3. The van der Waals surface area contributed by atoms with E-state index in [4.69, 9.17) is 5.11 Å². The number of nitrogens with zero attached hydrogens (tertiary/aromatic N) is 1. The predicted octanol–water partition coefficient (Wildman–Crippen LogP) is 1.27. The topological polar surface area (TPSA) is 69.6 Å². The highest BCUT2D eigenvalue weighted by molar-refractivity contribution is 5.89. The van der Waals surface area contributed by atoms with Gasteiger partial charge in [0, 0.05) is 19.3 Å². The van der Waals surface area contributed by atoms with Gasteiger partial charge in [0.05, 0.1) is 12.1 Å². The molecule has 1 rings (SSSR count). The van der Waals surface area contributed by atoms with Crippen molar-refractivity contribution >= 4 is 17.6 Å². The van der Waals surface area contributed by atoms with Crippen LogP contribution in [-0.2, 0) is 4.79 Å². The van der Waals surface area contributed by atoms with Gasteiger partial charge in [0.15, 0.2) is 0 Å². The highest BCUT2D eigenvalue weighted by Gasteiger charge is 2.11. The van der Waals surface area contributed by atoms with Crippen molar-refractivity contribution in [3.8, 4) is 0 Å². The van der Waals surface area contributed by atoms with Gasteiger partial charge in [0.2, 0.25) is 5.91 Å². The first kappa shape index (κ1) is 14.0. The number of carbonyl (C=O) groups is 2. The van der Waals surface area contributed by atoms with Gasteiger partial charge in [-0.1, -0.05) is 0 Å². The van der Waals surface area contributed by atoms with Crippen LogP contribution < -0.4 is 10.2 Å². The minimum Gasteiger partial charge on any atom is -0.478 e. The maximum atomic E-state index is 11.5. The summed E-state index contributed by atoms with van der Waals surface area (Å²) in [4.78, 5) is 24.1. The first-order valence-corrected chi connectivity index (χ1v) is 5.77. The summed E-state index contributed by atoms with van der Waals surface area (Å²) in [5.41, 5.74) is 1.94. The van der Waals surface area contributed by atoms with Crippen LogP contribution in [0.3, 0.4) is 0 Å². The van der Waals surface area contributed by atoms with Crippen molar-refractivity contribution in [2.45, 2.75) is 13.8 Å². The van der Waals surface area contributed by atoms with Gasteiger partial charge in [-0.3, -0.25) is 4.79 Å². The number of aromatic carboxylic acids is 1. The molecule has 1 amide bonds. The fourth-order valence-electron chi connectivity index (χ4n) is 1.77. The second-order valence-electron chi connectivity index (χ2n) is 4.12. The molecule has 1 aromatic carbocycles. The summed E-state index contributed by atoms with van der Waals surface area (Å²) < 4.78 is 0. The average molecular weight is 250 g/mol. The minimum absolute atomic E-state index is 0.0540. The number of aryl methyl sites for hydroxylation is 1. The summed E-state index contributed by atoms with van der Waals surface area (Å²) in [7, 11) is 1.80. The molecule has 0 unspecified atom stereocenters. The predicted molar refractivity (Wildman–Crippen MR) is 70.1 cm³/mol. The van der Waals surface area contributed by atoms with Crippen molar-refractivity contribution in [3.63, 3.8) is 0 Å². The van der Waals surface area contributed by atoms with Gasteiger partial charge in [-0.2, -0.15) is 0 Å². The fraction of sp³-hybridized carbons (Fsp3) is 0.385. The molecule has 18 heavy (non-hydrogen) atoms. The van der Waals surface area contributed by atoms with E-state index in [2.05, 4.69) is 5.32 Å². The van der Waals surface area contributed by atoms with Gasteiger partial charge in [-0.05, 0) is 37.6 Å². The molecule has 0 atom stereocenters. The number of carboxylic acids is 1. The van der Waals surface area contributed by atoms with Crippen molar-refractivity contribution in [3.05, 3.63) is 29.3 Å². The standard InChI is InChI=1S/C13H18N2O3/c1-4-14-12(16)8-15(3)11-6-5-10(13(17)18)7-9(11)2/h5-7H,4,8H2,1-3H3,(H,14,16)(H,17,18). The van der Waals surface area contributed by atoms with E-state index in [-0.39, 0.29) is 18.0 Å². The maximum Gasteiger partial charge on any atom is 0.335 e. The minimum atomic E-state index is -0.948. The van der Waals surface area contributed by atoms with Crippen LogP contribution in [0.2, 0.25) is 0 Å². The summed E-state index contributed by atoms with van der Waals surface area (Å²) in [6, 6.07) is 4.86. The molecular formula is C13H18N2O3. The van der Waals surface area contributed by atoms with Crippen molar-refractivity contribution in [1.82, 2.24) is 5.32 Å². The summed E-state index contributed by atoms with van der Waals surface area (Å²) in [5, 5.41) is 11.6. The number of rotatable bonds is 5. The molecule has 5 heteroatoms. The summed E-state index contributed by atoms with van der Waals surface area (Å²) in [6.45, 7) is 4.55. The summed E-state index contributed by atoms with van der Waals surface area (Å²) in [6.07, 6.45) is 0. The maximum absolute atomic E-state index is 11.5. The molecule has 0 aliphatic carbocycles. The second-order valence-corrected chi connectivity index (χ2v) is 4.12. The van der Waals surface area contributed by atoms with Crippen LogP contribution in [0.25, 0.3) is 0 Å². The van der Waals surface area contributed by atoms with E-state index in [0.717, 1.165) is 11.3 Å². The summed E-state index contributed by atoms with van der Waals surface area (Å²) >= 11 is 0. The Morgan fingerprint density at radius 1 is 1.39 bits per heavy atom. The molecule has 0 aromatic heterocycles. The zero-order valence-corrected chi connectivity index (χ0v) is 10.9. The Morgan fingerprint density at radius 3 is 2.56 bits per heavy atom. The average Bonchev–Trinajstić information content (AvgIpc) is 2.28. The molecule has 1 aromatic rings. The van der Waals surface area contributed by atoms with Crippen LogP contribution in [0, 0.1) is 6.92 Å². The number of anilines is 1. The van der Waals surface area contributed by atoms with E-state index >= 15 is 0 Å². The Balaban J connectivity index is 2.83. The Kier molecular flexibility index (Phi) is 4.71. The molecule has 0 aliphatic heterocycles. The molecule has 0 saturated heterocycles. The quantitative estimate of drug-likeness (QED) is 0.825. The zero-order valence-electron chi connectivity index (χ0n) is 10.9. The van der Waals surface area contributed by atoms with E-state index in [1.165, 1.54) is 0 Å². The van der Waals surface area contributed by atoms with Crippen LogP contribution in [0.15, 0.2) is 18.2 Å². The van der Waals surface area contributed by atoms with Crippen molar-refractivity contribution < 1.29 is 14.7 Å². The Morgan fingerprint density at radius 2 is 2.06 bits per heavy atom. The smallest absolute Gasteiger partial charge is 0.335 e. The summed E-state index contributed by atoms with van der Waals surface area (Å²) in [5.74, 6) is -1.00. The number of carbonyl (C=O) groups excluding carboxylic acids is 1. The van der Waals surface area contributed by atoms with Crippen molar-refractivity contribution in [2.24, 2.45) is 0 Å². The molecule has 0 aliphatic rings. The second kappa shape index (κ2) is 6.05. The Labute approximate surface area is 106 Å². The fourth-order valence-corrected chi connectivity index (χ4v) is 1.77. The number of carboxylic acid groups (broad SMARTS) is 1. The lowest BCUT2D eigenvalue weighted by molar-refractivity contribution is -0.119. The molecule has 2 N–H and O–H groups in total. The monoisotopic (exact) mass is 250 g/mol. The Hall–Kier alpha value is -2.04. The van der Waals surface area contributed by atoms with E-state index in [1.807, 2.05) is 13.8 Å². The molecule has 0 saturated carbocycles. The molecule has 0 heterocycles. The van der Waals surface area contributed by atoms with Crippen LogP contribution in [0.5, 0.6) is 0 Å². The first-order valence-electron chi connectivity index (χ1n) is 5.77. The molecule has 0 radical (unpaired) electrons. The third-order valence-corrected chi connectivity index (χ3v) is 2.61. The molecule has 5 nitrogen and oxygen atoms in total. The zero-order chi connectivity index (χ0) is 13.7. The lowest BCUT2D eigenvalue weighted by Gasteiger charge is -2.21. The van der Waals surface area contributed by atoms with Crippen molar-refractivity contribution in [1.29, 1.82) is 0 Å². The van der Waals surface area contributed by atoms with Gasteiger partial charge < -0.3 is 15.3 Å². The molecule has 0 fully saturated rings. The van der Waals surface area contributed by atoms with Gasteiger partial charge in [-0.15, -0.1) is 0 Å². The SMILES string of the molecule is CCNC(=O)CN(C)c1ccc(C(=O)O)cc1C. The molecule has 0 spiro atoms. The van der Waals surface area contributed by atoms with E-state index in [1.54, 1.807) is 30.1 Å². The van der Waals surface area contributed by atoms with E-state index in [0.29, 0.717) is 6.54 Å². The molecule has 0 bridgehead atoms. The van der Waals surface area contributed by atoms with Gasteiger partial charge in [0.1, 0.15) is 0 Å². The lowest BCUT2D eigenvalue weighted by Crippen LogP contribution is -2.35. The number of amides is 1. The highest BCUT2D eigenvalue weighted by atomic mass is 16.4. The highest BCUT2D eigenvalue weighted by Crippen LogP contribution is 2.19. The Bertz CT molecular complexity index is 458.